The summed E-state index contributed by atoms with van der Waals surface area (Å²) in [6.45, 7) is 0. The molecule has 1 N–H and O–H groups in total. The summed E-state index contributed by atoms with van der Waals surface area (Å²) in [7, 11) is 0. The molecule has 0 saturated heterocycles. The topological polar surface area (TPSA) is 28.7 Å². The van der Waals surface area contributed by atoms with Crippen molar-refractivity contribution < 1.29 is 8.78 Å². The van der Waals surface area contributed by atoms with Gasteiger partial charge < -0.3 is 4.98 Å². The standard InChI is InChI=1S/C8H4BrF2IN2/c9-8(10,11)7-13-5-3-1-2-4(12)6(5)14-7/h1-3H,(H,13,14). The molecule has 1 aromatic carbocycles. The van der Waals surface area contributed by atoms with E-state index in [1.807, 2.05) is 6.07 Å². The van der Waals surface area contributed by atoms with E-state index in [1.165, 1.54) is 0 Å². The molecule has 6 heteroatoms. The van der Waals surface area contributed by atoms with Gasteiger partial charge in [-0.15, -0.1) is 0 Å². The molecule has 2 aromatic rings. The van der Waals surface area contributed by atoms with Gasteiger partial charge in [0.1, 0.15) is 5.52 Å². The number of alkyl halides is 3. The van der Waals surface area contributed by atoms with Crippen LogP contribution in [0.15, 0.2) is 18.2 Å². The van der Waals surface area contributed by atoms with Gasteiger partial charge >= 0.3 is 4.83 Å². The van der Waals surface area contributed by atoms with E-state index in [1.54, 1.807) is 12.1 Å². The monoisotopic (exact) mass is 372 g/mol. The molecule has 0 bridgehead atoms. The molecule has 0 unspecified atom stereocenters. The van der Waals surface area contributed by atoms with Gasteiger partial charge in [0.15, 0.2) is 5.82 Å². The van der Waals surface area contributed by atoms with Gasteiger partial charge in [-0.05, 0) is 50.7 Å². The molecule has 74 valence electrons. The zero-order valence-corrected chi connectivity index (χ0v) is 10.4. The molecule has 0 aliphatic carbocycles. The molecule has 1 aromatic heterocycles. The first kappa shape index (κ1) is 10.3. The number of halogens is 4. The predicted octanol–water partition coefficient (Wildman–Crippen LogP) is 3.61. The van der Waals surface area contributed by atoms with Crippen LogP contribution < -0.4 is 0 Å². The number of rotatable bonds is 1. The number of hydrogen-bond donors (Lipinski definition) is 1. The van der Waals surface area contributed by atoms with Gasteiger partial charge in [-0.2, -0.15) is 8.78 Å². The summed E-state index contributed by atoms with van der Waals surface area (Å²) in [6, 6.07) is 5.32. The lowest BCUT2D eigenvalue weighted by molar-refractivity contribution is 0.105. The predicted molar refractivity (Wildman–Crippen MR) is 61.6 cm³/mol. The van der Waals surface area contributed by atoms with Crippen molar-refractivity contribution in [1.29, 1.82) is 0 Å². The first-order valence-electron chi connectivity index (χ1n) is 3.70. The number of aromatic amines is 1. The molecule has 2 rings (SSSR count). The van der Waals surface area contributed by atoms with E-state index in [-0.39, 0.29) is 5.82 Å². The van der Waals surface area contributed by atoms with Crippen LogP contribution in [-0.2, 0) is 4.83 Å². The highest BCUT2D eigenvalue weighted by molar-refractivity contribution is 14.1. The van der Waals surface area contributed by atoms with Gasteiger partial charge in [-0.1, -0.05) is 6.07 Å². The van der Waals surface area contributed by atoms with E-state index in [9.17, 15) is 8.78 Å². The maximum absolute atomic E-state index is 12.8. The number of benzene rings is 1. The van der Waals surface area contributed by atoms with Gasteiger partial charge in [-0.25, -0.2) is 4.98 Å². The van der Waals surface area contributed by atoms with Crippen molar-refractivity contribution in [3.8, 4) is 0 Å². The third-order valence-corrected chi connectivity index (χ3v) is 2.98. The Morgan fingerprint density at radius 1 is 1.43 bits per heavy atom. The van der Waals surface area contributed by atoms with Crippen molar-refractivity contribution in [1.82, 2.24) is 9.97 Å². The molecule has 0 spiro atoms. The van der Waals surface area contributed by atoms with Gasteiger partial charge in [-0.3, -0.25) is 0 Å². The second-order valence-electron chi connectivity index (χ2n) is 2.72. The largest absolute Gasteiger partial charge is 0.358 e. The van der Waals surface area contributed by atoms with E-state index in [0.29, 0.717) is 11.0 Å². The Kier molecular flexibility index (Phi) is 2.50. The second kappa shape index (κ2) is 3.41. The van der Waals surface area contributed by atoms with Crippen LogP contribution in [0.2, 0.25) is 0 Å². The Balaban J connectivity index is 2.69. The number of nitrogens with zero attached hydrogens (tertiary/aromatic N) is 1. The van der Waals surface area contributed by atoms with Crippen LogP contribution in [0.25, 0.3) is 11.0 Å². The quantitative estimate of drug-likeness (QED) is 0.601. The Labute approximate surface area is 100 Å². The average Bonchev–Trinajstić information content (AvgIpc) is 2.48. The molecule has 14 heavy (non-hydrogen) atoms. The van der Waals surface area contributed by atoms with E-state index < -0.39 is 4.83 Å². The first-order valence-corrected chi connectivity index (χ1v) is 5.57. The normalized spacial score (nSPS) is 12.3. The molecule has 0 atom stereocenters. The summed E-state index contributed by atoms with van der Waals surface area (Å²) in [5.41, 5.74) is 1.19. The van der Waals surface area contributed by atoms with Crippen LogP contribution in [0.3, 0.4) is 0 Å². The Morgan fingerprint density at radius 2 is 2.14 bits per heavy atom. The molecular weight excluding hydrogens is 369 g/mol. The van der Waals surface area contributed by atoms with Crippen LogP contribution in [-0.4, -0.2) is 9.97 Å². The number of fused-ring (bicyclic) bond motifs is 1. The fourth-order valence-electron chi connectivity index (χ4n) is 1.13. The highest BCUT2D eigenvalue weighted by Crippen LogP contribution is 2.34. The van der Waals surface area contributed by atoms with Gasteiger partial charge in [0, 0.05) is 3.57 Å². The fraction of sp³-hybridized carbons (Fsp3) is 0.125. The first-order chi connectivity index (χ1) is 6.48. The molecule has 1 heterocycles. The molecule has 0 saturated carbocycles. The Bertz CT molecular complexity index is 478. The Hall–Kier alpha value is -0.240. The van der Waals surface area contributed by atoms with Crippen molar-refractivity contribution in [3.63, 3.8) is 0 Å². The number of aromatic nitrogens is 2. The van der Waals surface area contributed by atoms with E-state index in [2.05, 4.69) is 48.5 Å². The zero-order valence-electron chi connectivity index (χ0n) is 6.69. The van der Waals surface area contributed by atoms with Crippen LogP contribution in [0.4, 0.5) is 8.78 Å². The lowest BCUT2D eigenvalue weighted by Gasteiger charge is -2.01. The van der Waals surface area contributed by atoms with E-state index in [4.69, 9.17) is 0 Å². The molecular formula is C8H4BrF2IN2. The molecule has 0 amide bonds. The Morgan fingerprint density at radius 3 is 2.71 bits per heavy atom. The highest BCUT2D eigenvalue weighted by Gasteiger charge is 2.31. The van der Waals surface area contributed by atoms with Crippen LogP contribution >= 0.6 is 38.5 Å². The lowest BCUT2D eigenvalue weighted by atomic mass is 10.3. The molecule has 0 fully saturated rings. The minimum absolute atomic E-state index is 0.364. The number of nitrogens with one attached hydrogen (secondary N) is 1. The van der Waals surface area contributed by atoms with Crippen molar-refractivity contribution >= 4 is 49.6 Å². The zero-order chi connectivity index (χ0) is 10.3. The van der Waals surface area contributed by atoms with Gasteiger partial charge in [0.2, 0.25) is 0 Å². The third-order valence-electron chi connectivity index (χ3n) is 1.73. The SMILES string of the molecule is FC(F)(Br)c1nc2c(I)cccc2[nH]1. The lowest BCUT2D eigenvalue weighted by Crippen LogP contribution is -2.04. The maximum atomic E-state index is 12.8. The summed E-state index contributed by atoms with van der Waals surface area (Å²) in [5, 5.41) is 0. The average molecular weight is 373 g/mol. The van der Waals surface area contributed by atoms with Crippen LogP contribution in [0.1, 0.15) is 5.82 Å². The summed E-state index contributed by atoms with van der Waals surface area (Å²) >= 11 is 4.32. The number of hydrogen-bond acceptors (Lipinski definition) is 1. The number of para-hydroxylation sites is 1. The summed E-state index contributed by atoms with van der Waals surface area (Å²) in [6.07, 6.45) is 0. The van der Waals surface area contributed by atoms with E-state index in [0.717, 1.165) is 3.57 Å². The summed E-state index contributed by atoms with van der Waals surface area (Å²) < 4.78 is 26.5. The van der Waals surface area contributed by atoms with Crippen LogP contribution in [0.5, 0.6) is 0 Å². The molecule has 0 radical (unpaired) electrons. The molecule has 0 aliphatic rings. The number of H-pyrrole nitrogens is 1. The summed E-state index contributed by atoms with van der Waals surface area (Å²) in [5.74, 6) is -0.364. The highest BCUT2D eigenvalue weighted by atomic mass is 127. The number of imidazole rings is 1. The van der Waals surface area contributed by atoms with Crippen molar-refractivity contribution in [2.24, 2.45) is 0 Å². The maximum Gasteiger partial charge on any atom is 0.358 e. The van der Waals surface area contributed by atoms with Crippen LogP contribution in [0, 0.1) is 3.57 Å². The van der Waals surface area contributed by atoms with Gasteiger partial charge in [0.05, 0.1) is 5.52 Å². The minimum Gasteiger partial charge on any atom is -0.336 e. The van der Waals surface area contributed by atoms with E-state index >= 15 is 0 Å². The summed E-state index contributed by atoms with van der Waals surface area (Å²) in [4.78, 5) is 3.29. The van der Waals surface area contributed by atoms with Crippen molar-refractivity contribution in [3.05, 3.63) is 27.6 Å². The fourth-order valence-corrected chi connectivity index (χ4v) is 1.94. The van der Waals surface area contributed by atoms with Crippen molar-refractivity contribution in [2.75, 3.05) is 0 Å². The second-order valence-corrected chi connectivity index (χ2v) is 4.88. The third kappa shape index (κ3) is 1.77. The van der Waals surface area contributed by atoms with Crippen molar-refractivity contribution in [2.45, 2.75) is 4.83 Å². The smallest absolute Gasteiger partial charge is 0.336 e. The molecule has 2 nitrogen and oxygen atoms in total. The van der Waals surface area contributed by atoms with Gasteiger partial charge in [0.25, 0.3) is 0 Å². The molecule has 0 aliphatic heterocycles. The minimum atomic E-state index is -3.10.